The van der Waals surface area contributed by atoms with Gasteiger partial charge >= 0.3 is 5.97 Å². The fourth-order valence-corrected chi connectivity index (χ4v) is 3.79. The van der Waals surface area contributed by atoms with E-state index in [1.807, 2.05) is 6.26 Å². The van der Waals surface area contributed by atoms with E-state index in [-0.39, 0.29) is 11.3 Å². The van der Waals surface area contributed by atoms with E-state index in [1.54, 1.807) is 13.0 Å². The molecular weight excluding hydrogens is 322 g/mol. The van der Waals surface area contributed by atoms with Crippen LogP contribution in [-0.2, 0) is 14.8 Å². The van der Waals surface area contributed by atoms with E-state index in [9.17, 15) is 13.2 Å². The lowest BCUT2D eigenvalue weighted by molar-refractivity contribution is -0.139. The Bertz CT molecular complexity index is 589. The molecule has 1 aromatic carbocycles. The van der Waals surface area contributed by atoms with Gasteiger partial charge in [-0.2, -0.15) is 16.5 Å². The number of rotatable bonds is 7. The molecule has 1 aromatic rings. The van der Waals surface area contributed by atoms with Crippen molar-refractivity contribution in [3.05, 3.63) is 28.8 Å². The molecular formula is C12H16ClNO4S2. The van der Waals surface area contributed by atoms with Gasteiger partial charge < -0.3 is 5.11 Å². The van der Waals surface area contributed by atoms with Gasteiger partial charge in [-0.1, -0.05) is 17.7 Å². The summed E-state index contributed by atoms with van der Waals surface area (Å²) in [5.74, 6) is -0.643. The quantitative estimate of drug-likeness (QED) is 0.796. The van der Waals surface area contributed by atoms with Gasteiger partial charge in [0.2, 0.25) is 10.0 Å². The minimum absolute atomic E-state index is 0.000372. The van der Waals surface area contributed by atoms with Gasteiger partial charge in [0.15, 0.2) is 0 Å². The summed E-state index contributed by atoms with van der Waals surface area (Å²) in [4.78, 5) is 11.1. The van der Waals surface area contributed by atoms with E-state index < -0.39 is 22.0 Å². The van der Waals surface area contributed by atoms with Crippen LogP contribution in [0.5, 0.6) is 0 Å². The summed E-state index contributed by atoms with van der Waals surface area (Å²) in [6.45, 7) is 1.58. The number of benzene rings is 1. The summed E-state index contributed by atoms with van der Waals surface area (Å²) in [5.41, 5.74) is 0.399. The number of hydrogen-bond acceptors (Lipinski definition) is 4. The van der Waals surface area contributed by atoms with E-state index in [2.05, 4.69) is 4.72 Å². The van der Waals surface area contributed by atoms with Crippen molar-refractivity contribution in [2.24, 2.45) is 0 Å². The Labute approximate surface area is 127 Å². The number of aliphatic carboxylic acids is 1. The zero-order valence-corrected chi connectivity index (χ0v) is 13.5. The lowest BCUT2D eigenvalue weighted by atomic mass is 10.2. The van der Waals surface area contributed by atoms with Gasteiger partial charge in [0, 0.05) is 5.02 Å². The lowest BCUT2D eigenvalue weighted by Gasteiger charge is -2.15. The van der Waals surface area contributed by atoms with Crippen molar-refractivity contribution in [1.29, 1.82) is 0 Å². The van der Waals surface area contributed by atoms with Gasteiger partial charge in [-0.25, -0.2) is 8.42 Å². The van der Waals surface area contributed by atoms with Crippen molar-refractivity contribution in [1.82, 2.24) is 4.72 Å². The molecule has 0 unspecified atom stereocenters. The van der Waals surface area contributed by atoms with Crippen molar-refractivity contribution in [3.8, 4) is 0 Å². The summed E-state index contributed by atoms with van der Waals surface area (Å²) < 4.78 is 26.7. The number of hydrogen-bond donors (Lipinski definition) is 2. The van der Waals surface area contributed by atoms with Crippen LogP contribution in [0.2, 0.25) is 5.02 Å². The Morgan fingerprint density at radius 3 is 2.70 bits per heavy atom. The van der Waals surface area contributed by atoms with E-state index in [0.717, 1.165) is 0 Å². The maximum absolute atomic E-state index is 12.2. The molecule has 1 rings (SSSR count). The highest BCUT2D eigenvalue weighted by Crippen LogP contribution is 2.23. The molecule has 0 radical (unpaired) electrons. The van der Waals surface area contributed by atoms with Crippen molar-refractivity contribution in [2.75, 3.05) is 12.0 Å². The zero-order valence-electron chi connectivity index (χ0n) is 11.1. The van der Waals surface area contributed by atoms with Crippen LogP contribution >= 0.6 is 23.4 Å². The van der Waals surface area contributed by atoms with Gasteiger partial charge in [-0.15, -0.1) is 0 Å². The molecule has 0 aliphatic heterocycles. The number of thioether (sulfide) groups is 1. The van der Waals surface area contributed by atoms with Gasteiger partial charge in [-0.3, -0.25) is 4.79 Å². The van der Waals surface area contributed by atoms with Crippen LogP contribution in [-0.4, -0.2) is 37.5 Å². The second-order valence-electron chi connectivity index (χ2n) is 4.16. The first kappa shape index (κ1) is 17.3. The summed E-state index contributed by atoms with van der Waals surface area (Å²) >= 11 is 7.35. The van der Waals surface area contributed by atoms with Crippen molar-refractivity contribution < 1.29 is 18.3 Å². The van der Waals surface area contributed by atoms with Gasteiger partial charge in [-0.05, 0) is 43.0 Å². The van der Waals surface area contributed by atoms with Gasteiger partial charge in [0.05, 0.1) is 4.90 Å². The Morgan fingerprint density at radius 2 is 2.15 bits per heavy atom. The molecule has 0 fully saturated rings. The Hall–Kier alpha value is -0.760. The third kappa shape index (κ3) is 4.37. The zero-order chi connectivity index (χ0) is 15.3. The minimum Gasteiger partial charge on any atom is -0.480 e. The first-order valence-corrected chi connectivity index (χ1v) is 9.04. The van der Waals surface area contributed by atoms with Crippen LogP contribution in [0.25, 0.3) is 0 Å². The first-order chi connectivity index (χ1) is 9.29. The molecule has 0 heterocycles. The third-order valence-corrected chi connectivity index (χ3v) is 5.38. The lowest BCUT2D eigenvalue weighted by Crippen LogP contribution is -2.41. The van der Waals surface area contributed by atoms with Gasteiger partial charge in [0.25, 0.3) is 0 Å². The minimum atomic E-state index is -3.91. The molecule has 5 nitrogen and oxygen atoms in total. The van der Waals surface area contributed by atoms with Crippen LogP contribution in [0.15, 0.2) is 23.1 Å². The molecule has 1 atom stereocenters. The molecule has 0 saturated heterocycles. The maximum atomic E-state index is 12.2. The normalized spacial score (nSPS) is 13.2. The number of carboxylic acid groups (broad SMARTS) is 1. The van der Waals surface area contributed by atoms with Crippen molar-refractivity contribution in [3.63, 3.8) is 0 Å². The average Bonchev–Trinajstić information content (AvgIpc) is 2.37. The summed E-state index contributed by atoms with van der Waals surface area (Å²) in [7, 11) is -3.91. The van der Waals surface area contributed by atoms with Crippen LogP contribution in [0.1, 0.15) is 12.0 Å². The molecule has 0 aromatic heterocycles. The number of halogens is 1. The predicted octanol–water partition coefficient (Wildman–Crippen LogP) is 2.13. The fourth-order valence-electron chi connectivity index (χ4n) is 1.60. The average molecular weight is 338 g/mol. The highest BCUT2D eigenvalue weighted by atomic mass is 35.5. The highest BCUT2D eigenvalue weighted by molar-refractivity contribution is 7.98. The standard InChI is InChI=1S/C12H16ClNO4S2/c1-8-9(13)4-3-5-11(8)20(17,18)14-10(12(15)16)6-7-19-2/h3-5,10,14H,6-7H2,1-2H3,(H,15,16)/t10-/m1/s1. The summed E-state index contributed by atoms with van der Waals surface area (Å²) in [6.07, 6.45) is 2.05. The predicted molar refractivity (Wildman–Crippen MR) is 80.9 cm³/mol. The van der Waals surface area contributed by atoms with Crippen molar-refractivity contribution >= 4 is 39.4 Å². The van der Waals surface area contributed by atoms with Crippen molar-refractivity contribution in [2.45, 2.75) is 24.3 Å². The molecule has 0 bridgehead atoms. The molecule has 0 amide bonds. The van der Waals surface area contributed by atoms with E-state index >= 15 is 0 Å². The monoisotopic (exact) mass is 337 g/mol. The number of carbonyl (C=O) groups is 1. The molecule has 8 heteroatoms. The topological polar surface area (TPSA) is 83.5 Å². The SMILES string of the molecule is CSCC[C@@H](NS(=O)(=O)c1cccc(Cl)c1C)C(=O)O. The second kappa shape index (κ2) is 7.31. The molecule has 0 aliphatic rings. The second-order valence-corrected chi connectivity index (χ2v) is 7.23. The number of sulfonamides is 1. The van der Waals surface area contributed by atoms with Crippen LogP contribution < -0.4 is 4.72 Å². The van der Waals surface area contributed by atoms with E-state index in [1.165, 1.54) is 23.9 Å². The Balaban J connectivity index is 3.04. The van der Waals surface area contributed by atoms with Gasteiger partial charge in [0.1, 0.15) is 6.04 Å². The fraction of sp³-hybridized carbons (Fsp3) is 0.417. The highest BCUT2D eigenvalue weighted by Gasteiger charge is 2.26. The number of carboxylic acids is 1. The van der Waals surface area contributed by atoms with Crippen LogP contribution in [0.4, 0.5) is 0 Å². The molecule has 0 spiro atoms. The smallest absolute Gasteiger partial charge is 0.321 e. The number of nitrogens with one attached hydrogen (secondary N) is 1. The molecule has 0 aliphatic carbocycles. The molecule has 2 N–H and O–H groups in total. The Morgan fingerprint density at radius 1 is 1.50 bits per heavy atom. The van der Waals surface area contributed by atoms with Crippen LogP contribution in [0, 0.1) is 6.92 Å². The van der Waals surface area contributed by atoms with E-state index in [0.29, 0.717) is 16.3 Å². The molecule has 0 saturated carbocycles. The molecule has 20 heavy (non-hydrogen) atoms. The third-order valence-electron chi connectivity index (χ3n) is 2.71. The first-order valence-electron chi connectivity index (χ1n) is 5.78. The Kier molecular flexibility index (Phi) is 6.32. The summed E-state index contributed by atoms with van der Waals surface area (Å²) in [5, 5.41) is 9.39. The van der Waals surface area contributed by atoms with E-state index in [4.69, 9.17) is 16.7 Å². The largest absolute Gasteiger partial charge is 0.480 e. The van der Waals surface area contributed by atoms with Crippen LogP contribution in [0.3, 0.4) is 0 Å². The summed E-state index contributed by atoms with van der Waals surface area (Å²) in [6, 6.07) is 3.35. The maximum Gasteiger partial charge on any atom is 0.321 e. The molecule has 112 valence electrons.